The summed E-state index contributed by atoms with van der Waals surface area (Å²) >= 11 is 6.04. The highest BCUT2D eigenvalue weighted by Gasteiger charge is 2.27. The van der Waals surface area contributed by atoms with E-state index in [2.05, 4.69) is 16.5 Å². The van der Waals surface area contributed by atoms with Gasteiger partial charge in [0.25, 0.3) is 0 Å². The van der Waals surface area contributed by atoms with Gasteiger partial charge >= 0.3 is 0 Å². The SMILES string of the molecule is CNS(=O)(=O)CCCN1CC(c2cccc(Cl)c2)OCC1C. The molecule has 1 aliphatic rings. The Morgan fingerprint density at radius 1 is 1.45 bits per heavy atom. The van der Waals surface area contributed by atoms with Gasteiger partial charge in [-0.25, -0.2) is 13.1 Å². The summed E-state index contributed by atoms with van der Waals surface area (Å²) in [6.45, 7) is 4.22. The number of ether oxygens (including phenoxy) is 1. The van der Waals surface area contributed by atoms with Crippen LogP contribution < -0.4 is 4.72 Å². The van der Waals surface area contributed by atoms with Gasteiger partial charge in [-0.15, -0.1) is 0 Å². The van der Waals surface area contributed by atoms with Crippen LogP contribution in [0.1, 0.15) is 25.0 Å². The highest BCUT2D eigenvalue weighted by Crippen LogP contribution is 2.26. The zero-order valence-corrected chi connectivity index (χ0v) is 14.5. The van der Waals surface area contributed by atoms with Gasteiger partial charge in [-0.2, -0.15) is 0 Å². The number of halogens is 1. The molecular weight excluding hydrogens is 324 g/mol. The quantitative estimate of drug-likeness (QED) is 0.856. The number of hydrogen-bond donors (Lipinski definition) is 1. The third-order valence-electron chi connectivity index (χ3n) is 3.95. The molecule has 0 aliphatic carbocycles. The van der Waals surface area contributed by atoms with Crippen LogP contribution in [0.15, 0.2) is 24.3 Å². The largest absolute Gasteiger partial charge is 0.371 e. The molecule has 0 aromatic heterocycles. The van der Waals surface area contributed by atoms with Crippen molar-refractivity contribution in [2.45, 2.75) is 25.5 Å². The second-order valence-electron chi connectivity index (χ2n) is 5.60. The van der Waals surface area contributed by atoms with Crippen LogP contribution in [0.3, 0.4) is 0 Å². The number of hydrogen-bond acceptors (Lipinski definition) is 4. The normalized spacial score (nSPS) is 23.6. The standard InChI is InChI=1S/C15H23ClN2O3S/c1-12-11-21-15(13-5-3-6-14(16)9-13)10-18(12)7-4-8-22(19,20)17-2/h3,5-6,9,12,15,17H,4,7-8,10-11H2,1-2H3. The van der Waals surface area contributed by atoms with Crippen molar-refractivity contribution in [3.8, 4) is 0 Å². The van der Waals surface area contributed by atoms with Crippen molar-refractivity contribution in [1.29, 1.82) is 0 Å². The summed E-state index contributed by atoms with van der Waals surface area (Å²) in [5, 5.41) is 0.700. The predicted octanol–water partition coefficient (Wildman–Crippen LogP) is 2.04. The maximum atomic E-state index is 11.5. The van der Waals surface area contributed by atoms with Gasteiger partial charge in [0.1, 0.15) is 0 Å². The van der Waals surface area contributed by atoms with Gasteiger partial charge in [-0.1, -0.05) is 23.7 Å². The lowest BCUT2D eigenvalue weighted by atomic mass is 10.1. The van der Waals surface area contributed by atoms with Crippen molar-refractivity contribution >= 4 is 21.6 Å². The molecule has 2 atom stereocenters. The average molecular weight is 347 g/mol. The first-order valence-corrected chi connectivity index (χ1v) is 9.46. The summed E-state index contributed by atoms with van der Waals surface area (Å²) in [7, 11) is -1.69. The van der Waals surface area contributed by atoms with Crippen LogP contribution >= 0.6 is 11.6 Å². The molecule has 1 saturated heterocycles. The third kappa shape index (κ3) is 4.93. The molecule has 0 saturated carbocycles. The predicted molar refractivity (Wildman–Crippen MR) is 88.6 cm³/mol. The van der Waals surface area contributed by atoms with Crippen LogP contribution in [0.4, 0.5) is 0 Å². The summed E-state index contributed by atoms with van der Waals surface area (Å²) in [5.41, 5.74) is 1.06. The molecule has 2 rings (SSSR count). The van der Waals surface area contributed by atoms with Crippen LogP contribution in [-0.4, -0.2) is 51.9 Å². The Labute approximate surface area is 137 Å². The Balaban J connectivity index is 1.94. The van der Waals surface area contributed by atoms with E-state index in [1.54, 1.807) is 0 Å². The molecule has 7 heteroatoms. The maximum absolute atomic E-state index is 11.5. The van der Waals surface area contributed by atoms with Gasteiger partial charge < -0.3 is 4.74 Å². The van der Waals surface area contributed by atoms with Crippen molar-refractivity contribution in [2.75, 3.05) is 32.5 Å². The van der Waals surface area contributed by atoms with Gasteiger partial charge in [0, 0.05) is 17.6 Å². The molecule has 0 radical (unpaired) electrons. The minimum atomic E-state index is -3.13. The zero-order valence-electron chi connectivity index (χ0n) is 13.0. The van der Waals surface area contributed by atoms with Gasteiger partial charge in [-0.05, 0) is 44.6 Å². The molecular formula is C15H23ClN2O3S. The van der Waals surface area contributed by atoms with E-state index in [-0.39, 0.29) is 17.9 Å². The highest BCUT2D eigenvalue weighted by atomic mass is 35.5. The van der Waals surface area contributed by atoms with Crippen molar-refractivity contribution < 1.29 is 13.2 Å². The van der Waals surface area contributed by atoms with E-state index >= 15 is 0 Å². The monoisotopic (exact) mass is 346 g/mol. The Morgan fingerprint density at radius 2 is 2.23 bits per heavy atom. The molecule has 124 valence electrons. The fourth-order valence-corrected chi connectivity index (χ4v) is 3.50. The Morgan fingerprint density at radius 3 is 2.91 bits per heavy atom. The number of benzene rings is 1. The molecule has 1 fully saturated rings. The molecule has 1 aromatic carbocycles. The number of rotatable bonds is 6. The fraction of sp³-hybridized carbons (Fsp3) is 0.600. The van der Waals surface area contributed by atoms with E-state index in [0.29, 0.717) is 18.1 Å². The summed E-state index contributed by atoms with van der Waals surface area (Å²) in [6, 6.07) is 7.98. The molecule has 22 heavy (non-hydrogen) atoms. The van der Waals surface area contributed by atoms with E-state index in [9.17, 15) is 8.42 Å². The third-order valence-corrected chi connectivity index (χ3v) is 5.64. The number of nitrogens with zero attached hydrogens (tertiary/aromatic N) is 1. The number of nitrogens with one attached hydrogen (secondary N) is 1. The van der Waals surface area contributed by atoms with Crippen molar-refractivity contribution in [2.24, 2.45) is 0 Å². The lowest BCUT2D eigenvalue weighted by Crippen LogP contribution is -2.45. The van der Waals surface area contributed by atoms with Gasteiger partial charge in [0.2, 0.25) is 10.0 Å². The summed E-state index contributed by atoms with van der Waals surface area (Å²) in [4.78, 5) is 2.28. The van der Waals surface area contributed by atoms with Gasteiger partial charge in [-0.3, -0.25) is 4.90 Å². The molecule has 0 bridgehead atoms. The molecule has 1 heterocycles. The van der Waals surface area contributed by atoms with E-state index < -0.39 is 10.0 Å². The Kier molecular flexibility index (Phi) is 6.23. The second kappa shape index (κ2) is 7.75. The summed E-state index contributed by atoms with van der Waals surface area (Å²) in [6.07, 6.45) is 0.589. The smallest absolute Gasteiger partial charge is 0.211 e. The van der Waals surface area contributed by atoms with Crippen molar-refractivity contribution in [3.05, 3.63) is 34.9 Å². The molecule has 1 aromatic rings. The Hall–Kier alpha value is -0.660. The molecule has 1 N–H and O–H groups in total. The number of sulfonamides is 1. The summed E-state index contributed by atoms with van der Waals surface area (Å²) in [5.74, 6) is 0.148. The van der Waals surface area contributed by atoms with E-state index in [1.807, 2.05) is 24.3 Å². The van der Waals surface area contributed by atoms with Crippen LogP contribution in [0.25, 0.3) is 0 Å². The zero-order chi connectivity index (χ0) is 16.2. The van der Waals surface area contributed by atoms with Gasteiger partial charge in [0.05, 0.1) is 18.5 Å². The minimum absolute atomic E-state index is 0.0178. The molecule has 0 amide bonds. The fourth-order valence-electron chi connectivity index (χ4n) is 2.59. The topological polar surface area (TPSA) is 58.6 Å². The minimum Gasteiger partial charge on any atom is -0.371 e. The summed E-state index contributed by atoms with van der Waals surface area (Å²) < 4.78 is 31.2. The van der Waals surface area contributed by atoms with Crippen molar-refractivity contribution in [1.82, 2.24) is 9.62 Å². The van der Waals surface area contributed by atoms with Gasteiger partial charge in [0.15, 0.2) is 0 Å². The van der Waals surface area contributed by atoms with Crippen LogP contribution in [0, 0.1) is 0 Å². The van der Waals surface area contributed by atoms with Crippen LogP contribution in [0.5, 0.6) is 0 Å². The van der Waals surface area contributed by atoms with Crippen LogP contribution in [-0.2, 0) is 14.8 Å². The van der Waals surface area contributed by atoms with E-state index in [1.165, 1.54) is 7.05 Å². The molecule has 0 spiro atoms. The average Bonchev–Trinajstić information content (AvgIpc) is 2.49. The first-order valence-electron chi connectivity index (χ1n) is 7.43. The molecule has 1 aliphatic heterocycles. The lowest BCUT2D eigenvalue weighted by molar-refractivity contribution is -0.0597. The Bertz CT molecular complexity index is 594. The first kappa shape index (κ1) is 17.7. The second-order valence-corrected chi connectivity index (χ2v) is 8.08. The van der Waals surface area contributed by atoms with E-state index in [4.69, 9.17) is 16.3 Å². The number of morpholine rings is 1. The van der Waals surface area contributed by atoms with Crippen LogP contribution in [0.2, 0.25) is 5.02 Å². The van der Waals surface area contributed by atoms with Crippen molar-refractivity contribution in [3.63, 3.8) is 0 Å². The highest BCUT2D eigenvalue weighted by molar-refractivity contribution is 7.89. The maximum Gasteiger partial charge on any atom is 0.211 e. The lowest BCUT2D eigenvalue weighted by Gasteiger charge is -2.38. The first-order chi connectivity index (χ1) is 10.4. The van der Waals surface area contributed by atoms with E-state index in [0.717, 1.165) is 18.7 Å². The molecule has 2 unspecified atom stereocenters. The molecule has 5 nitrogen and oxygen atoms in total.